The van der Waals surface area contributed by atoms with Crippen LogP contribution in [0.25, 0.3) is 10.9 Å². The number of benzene rings is 2. The average molecular weight is 412 g/mol. The van der Waals surface area contributed by atoms with Gasteiger partial charge in [0.1, 0.15) is 0 Å². The molecule has 7 nitrogen and oxygen atoms in total. The third-order valence-corrected chi connectivity index (χ3v) is 6.32. The van der Waals surface area contributed by atoms with Gasteiger partial charge in [0.05, 0.1) is 23.8 Å². The summed E-state index contributed by atoms with van der Waals surface area (Å²) in [5, 5.41) is 22.9. The van der Waals surface area contributed by atoms with E-state index in [0.29, 0.717) is 37.5 Å². The van der Waals surface area contributed by atoms with E-state index in [1.54, 1.807) is 6.20 Å². The second-order valence-corrected chi connectivity index (χ2v) is 8.25. The van der Waals surface area contributed by atoms with Crippen LogP contribution < -0.4 is 10.2 Å². The fourth-order valence-electron chi connectivity index (χ4n) is 4.49. The standard InChI is InChI=1S/C21H22ClN5O2/c22-15-10-17-16(12-23-25-17)18(11-15)26-8-6-21(7-9-26)19(28)27(20(29)24-21)13-14-4-2-1-3-5-14/h1-5,10-12,19,28H,6-9,13H2,(H,23,25)(H,24,29). The van der Waals surface area contributed by atoms with Gasteiger partial charge in [-0.1, -0.05) is 41.9 Å². The highest BCUT2D eigenvalue weighted by atomic mass is 35.5. The third kappa shape index (κ3) is 3.10. The first-order valence-electron chi connectivity index (χ1n) is 9.74. The summed E-state index contributed by atoms with van der Waals surface area (Å²) in [6, 6.07) is 13.3. The molecule has 0 saturated carbocycles. The Hall–Kier alpha value is -2.77. The number of carbonyl (C=O) groups is 1. The van der Waals surface area contributed by atoms with Gasteiger partial charge in [-0.25, -0.2) is 4.79 Å². The summed E-state index contributed by atoms with van der Waals surface area (Å²) in [6.45, 7) is 1.80. The number of piperidine rings is 1. The van der Waals surface area contributed by atoms with Crippen LogP contribution in [0, 0.1) is 0 Å². The van der Waals surface area contributed by atoms with Crippen LogP contribution in [0.15, 0.2) is 48.7 Å². The van der Waals surface area contributed by atoms with Crippen LogP contribution >= 0.6 is 11.6 Å². The van der Waals surface area contributed by atoms with Gasteiger partial charge in [-0.3, -0.25) is 10.00 Å². The first kappa shape index (κ1) is 18.3. The topological polar surface area (TPSA) is 84.5 Å². The Kier molecular flexibility index (Phi) is 4.37. The van der Waals surface area contributed by atoms with Crippen molar-refractivity contribution in [3.8, 4) is 0 Å². The molecule has 2 aromatic carbocycles. The van der Waals surface area contributed by atoms with E-state index >= 15 is 0 Å². The lowest BCUT2D eigenvalue weighted by Crippen LogP contribution is -2.57. The number of amides is 2. The van der Waals surface area contributed by atoms with Gasteiger partial charge >= 0.3 is 6.03 Å². The van der Waals surface area contributed by atoms with Crippen molar-refractivity contribution in [2.24, 2.45) is 0 Å². The number of rotatable bonds is 3. The molecule has 2 saturated heterocycles. The Balaban J connectivity index is 1.34. The number of nitrogens with zero attached hydrogens (tertiary/aromatic N) is 3. The molecular weight excluding hydrogens is 390 g/mol. The lowest BCUT2D eigenvalue weighted by atomic mass is 9.86. The second kappa shape index (κ2) is 6.93. The molecule has 3 N–H and O–H groups in total. The largest absolute Gasteiger partial charge is 0.371 e. The average Bonchev–Trinajstić information content (AvgIpc) is 3.28. The SMILES string of the molecule is O=C1NC2(CCN(c3cc(Cl)cc4[nH]ncc34)CC2)C(O)N1Cc1ccccc1. The lowest BCUT2D eigenvalue weighted by molar-refractivity contribution is -0.0112. The number of H-pyrrole nitrogens is 1. The summed E-state index contributed by atoms with van der Waals surface area (Å²) in [4.78, 5) is 16.4. The molecule has 150 valence electrons. The van der Waals surface area contributed by atoms with Crippen molar-refractivity contribution in [1.29, 1.82) is 0 Å². The van der Waals surface area contributed by atoms with Gasteiger partial charge in [-0.15, -0.1) is 0 Å². The van der Waals surface area contributed by atoms with Gasteiger partial charge in [-0.2, -0.15) is 5.10 Å². The number of hydrogen-bond donors (Lipinski definition) is 3. The Bertz CT molecular complexity index is 1050. The van der Waals surface area contributed by atoms with Gasteiger partial charge in [0.25, 0.3) is 0 Å². The number of urea groups is 1. The van der Waals surface area contributed by atoms with E-state index in [-0.39, 0.29) is 6.03 Å². The molecule has 1 spiro atoms. The molecule has 0 radical (unpaired) electrons. The first-order chi connectivity index (χ1) is 14.1. The molecule has 0 aliphatic carbocycles. The zero-order chi connectivity index (χ0) is 20.0. The molecule has 2 fully saturated rings. The minimum Gasteiger partial charge on any atom is -0.371 e. The third-order valence-electron chi connectivity index (χ3n) is 6.10. The normalized spacial score (nSPS) is 21.2. The minimum atomic E-state index is -0.856. The Labute approximate surface area is 173 Å². The highest BCUT2D eigenvalue weighted by Crippen LogP contribution is 2.37. The summed E-state index contributed by atoms with van der Waals surface area (Å²) in [5.74, 6) is 0. The number of aromatic nitrogens is 2. The first-order valence-corrected chi connectivity index (χ1v) is 10.1. The molecule has 0 bridgehead atoms. The fourth-order valence-corrected chi connectivity index (χ4v) is 4.70. The number of aromatic amines is 1. The van der Waals surface area contributed by atoms with E-state index in [1.165, 1.54) is 4.90 Å². The van der Waals surface area contributed by atoms with Crippen molar-refractivity contribution in [3.63, 3.8) is 0 Å². The number of hydrogen-bond acceptors (Lipinski definition) is 4. The molecule has 29 heavy (non-hydrogen) atoms. The monoisotopic (exact) mass is 411 g/mol. The Morgan fingerprint density at radius 2 is 1.97 bits per heavy atom. The number of nitrogens with one attached hydrogen (secondary N) is 2. The van der Waals surface area contributed by atoms with E-state index in [9.17, 15) is 9.90 Å². The molecule has 2 amide bonds. The molecule has 3 heterocycles. The van der Waals surface area contributed by atoms with Gasteiger partial charge in [-0.05, 0) is 30.5 Å². The zero-order valence-electron chi connectivity index (χ0n) is 15.8. The highest BCUT2D eigenvalue weighted by Gasteiger charge is 2.52. The van der Waals surface area contributed by atoms with Crippen LogP contribution in [0.5, 0.6) is 0 Å². The number of halogens is 1. The lowest BCUT2D eigenvalue weighted by Gasteiger charge is -2.42. The maximum absolute atomic E-state index is 12.6. The van der Waals surface area contributed by atoms with Crippen molar-refractivity contribution >= 4 is 34.2 Å². The van der Waals surface area contributed by atoms with E-state index in [1.807, 2.05) is 42.5 Å². The van der Waals surface area contributed by atoms with E-state index < -0.39 is 11.8 Å². The second-order valence-electron chi connectivity index (χ2n) is 7.82. The maximum Gasteiger partial charge on any atom is 0.320 e. The summed E-state index contributed by atoms with van der Waals surface area (Å²) in [7, 11) is 0. The van der Waals surface area contributed by atoms with Gasteiger partial charge in [0.15, 0.2) is 6.23 Å². The van der Waals surface area contributed by atoms with Gasteiger partial charge in [0, 0.05) is 29.2 Å². The van der Waals surface area contributed by atoms with Crippen LogP contribution in [0.3, 0.4) is 0 Å². The molecular formula is C21H22ClN5O2. The van der Waals surface area contributed by atoms with Crippen LogP contribution in [0.2, 0.25) is 5.02 Å². The van der Waals surface area contributed by atoms with Crippen molar-refractivity contribution in [3.05, 3.63) is 59.2 Å². The van der Waals surface area contributed by atoms with Crippen LogP contribution in [-0.2, 0) is 6.54 Å². The van der Waals surface area contributed by atoms with Crippen LogP contribution in [0.4, 0.5) is 10.5 Å². The maximum atomic E-state index is 12.6. The van der Waals surface area contributed by atoms with Crippen LogP contribution in [-0.4, -0.2) is 51.1 Å². The minimum absolute atomic E-state index is 0.213. The van der Waals surface area contributed by atoms with Crippen molar-refractivity contribution < 1.29 is 9.90 Å². The molecule has 8 heteroatoms. The van der Waals surface area contributed by atoms with Crippen molar-refractivity contribution in [2.45, 2.75) is 31.2 Å². The fraction of sp³-hybridized carbons (Fsp3) is 0.333. The summed E-state index contributed by atoms with van der Waals surface area (Å²) >= 11 is 6.28. The molecule has 3 aromatic rings. The molecule has 1 unspecified atom stereocenters. The van der Waals surface area contributed by atoms with Gasteiger partial charge in [0.2, 0.25) is 0 Å². The quantitative estimate of drug-likeness (QED) is 0.618. The van der Waals surface area contributed by atoms with Crippen LogP contribution in [0.1, 0.15) is 18.4 Å². The highest BCUT2D eigenvalue weighted by molar-refractivity contribution is 6.31. The van der Waals surface area contributed by atoms with Crippen molar-refractivity contribution in [2.75, 3.05) is 18.0 Å². The number of carbonyl (C=O) groups excluding carboxylic acids is 1. The molecule has 2 aliphatic rings. The molecule has 1 aromatic heterocycles. The number of anilines is 1. The predicted octanol–water partition coefficient (Wildman–Crippen LogP) is 3.10. The molecule has 1 atom stereocenters. The molecule has 2 aliphatic heterocycles. The predicted molar refractivity (Wildman–Crippen MR) is 112 cm³/mol. The smallest absolute Gasteiger partial charge is 0.320 e. The Morgan fingerprint density at radius 1 is 1.21 bits per heavy atom. The number of aliphatic hydroxyl groups is 1. The number of aliphatic hydroxyl groups excluding tert-OH is 1. The summed E-state index contributed by atoms with van der Waals surface area (Å²) in [5.41, 5.74) is 2.29. The summed E-state index contributed by atoms with van der Waals surface area (Å²) in [6.07, 6.45) is 2.25. The Morgan fingerprint density at radius 3 is 2.72 bits per heavy atom. The van der Waals surface area contributed by atoms with E-state index in [2.05, 4.69) is 20.4 Å². The van der Waals surface area contributed by atoms with E-state index in [4.69, 9.17) is 11.6 Å². The van der Waals surface area contributed by atoms with Gasteiger partial charge < -0.3 is 15.3 Å². The zero-order valence-corrected chi connectivity index (χ0v) is 16.6. The summed E-state index contributed by atoms with van der Waals surface area (Å²) < 4.78 is 0. The van der Waals surface area contributed by atoms with E-state index in [0.717, 1.165) is 22.2 Å². The van der Waals surface area contributed by atoms with Crippen molar-refractivity contribution in [1.82, 2.24) is 20.4 Å². The number of fused-ring (bicyclic) bond motifs is 1. The molecule has 5 rings (SSSR count).